The van der Waals surface area contributed by atoms with Crippen molar-refractivity contribution in [3.8, 4) is 0 Å². The van der Waals surface area contributed by atoms with Gasteiger partial charge in [-0.2, -0.15) is 13.2 Å². The van der Waals surface area contributed by atoms with Crippen LogP contribution in [0.15, 0.2) is 24.3 Å². The van der Waals surface area contributed by atoms with Gasteiger partial charge in [0.2, 0.25) is 5.91 Å². The van der Waals surface area contributed by atoms with Crippen molar-refractivity contribution in [1.29, 1.82) is 0 Å². The Bertz CT molecular complexity index is 542. The highest BCUT2D eigenvalue weighted by Gasteiger charge is 2.38. The Morgan fingerprint density at radius 3 is 2.60 bits per heavy atom. The molecule has 1 heterocycles. The Morgan fingerprint density at radius 1 is 1.35 bits per heavy atom. The minimum atomic E-state index is -4.53. The number of carbonyl (C=O) groups excluding carboxylic acids is 1. The Kier molecular flexibility index (Phi) is 3.69. The summed E-state index contributed by atoms with van der Waals surface area (Å²) in [4.78, 5) is 23.6. The highest BCUT2D eigenvalue weighted by atomic mass is 19.4. The molecule has 0 aromatic heterocycles. The molecule has 20 heavy (non-hydrogen) atoms. The molecule has 1 aromatic carbocycles. The highest BCUT2D eigenvalue weighted by Crippen LogP contribution is 2.33. The van der Waals surface area contributed by atoms with E-state index in [2.05, 4.69) is 0 Å². The summed E-state index contributed by atoms with van der Waals surface area (Å²) in [5, 5.41) is 8.99. The van der Waals surface area contributed by atoms with Crippen LogP contribution in [0.2, 0.25) is 0 Å². The molecule has 1 amide bonds. The van der Waals surface area contributed by atoms with Gasteiger partial charge in [-0.15, -0.1) is 0 Å². The predicted octanol–water partition coefficient (Wildman–Crippen LogP) is 2.28. The number of carbonyl (C=O) groups is 2. The Labute approximate surface area is 112 Å². The van der Waals surface area contributed by atoms with Gasteiger partial charge in [0, 0.05) is 13.0 Å². The van der Waals surface area contributed by atoms with Gasteiger partial charge in [-0.1, -0.05) is 18.2 Å². The van der Waals surface area contributed by atoms with E-state index in [1.54, 1.807) is 0 Å². The molecule has 1 atom stereocenters. The summed E-state index contributed by atoms with van der Waals surface area (Å²) in [7, 11) is 0. The summed E-state index contributed by atoms with van der Waals surface area (Å²) in [5.41, 5.74) is -0.940. The maximum absolute atomic E-state index is 12.9. The monoisotopic (exact) mass is 287 g/mol. The van der Waals surface area contributed by atoms with E-state index in [0.717, 1.165) is 11.0 Å². The zero-order chi connectivity index (χ0) is 14.9. The number of benzene rings is 1. The molecule has 0 aliphatic carbocycles. The van der Waals surface area contributed by atoms with Crippen LogP contribution >= 0.6 is 0 Å². The van der Waals surface area contributed by atoms with Gasteiger partial charge in [0.1, 0.15) is 6.04 Å². The number of halogens is 3. The van der Waals surface area contributed by atoms with Gasteiger partial charge >= 0.3 is 12.1 Å². The van der Waals surface area contributed by atoms with Crippen molar-refractivity contribution in [1.82, 2.24) is 4.90 Å². The van der Waals surface area contributed by atoms with Crippen LogP contribution in [0.1, 0.15) is 24.0 Å². The van der Waals surface area contributed by atoms with Crippen molar-refractivity contribution in [2.75, 3.05) is 0 Å². The van der Waals surface area contributed by atoms with Crippen molar-refractivity contribution in [3.05, 3.63) is 35.4 Å². The van der Waals surface area contributed by atoms with E-state index >= 15 is 0 Å². The molecule has 4 nitrogen and oxygen atoms in total. The SMILES string of the molecule is O=C(O)C1CCC(=O)N1Cc1ccccc1C(F)(F)F. The first-order valence-corrected chi connectivity index (χ1v) is 5.98. The van der Waals surface area contributed by atoms with Crippen LogP contribution in [0.25, 0.3) is 0 Å². The van der Waals surface area contributed by atoms with E-state index in [1.807, 2.05) is 0 Å². The molecule has 1 fully saturated rings. The molecule has 0 spiro atoms. The summed E-state index contributed by atoms with van der Waals surface area (Å²) in [6.45, 7) is -0.342. The number of hydrogen-bond acceptors (Lipinski definition) is 2. The van der Waals surface area contributed by atoms with Gasteiger partial charge in [-0.05, 0) is 18.1 Å². The van der Waals surface area contributed by atoms with Crippen molar-refractivity contribution in [2.45, 2.75) is 31.6 Å². The maximum atomic E-state index is 12.9. The number of carboxylic acids is 1. The van der Waals surface area contributed by atoms with Gasteiger partial charge in [-0.25, -0.2) is 4.79 Å². The smallest absolute Gasteiger partial charge is 0.416 e. The van der Waals surface area contributed by atoms with Gasteiger partial charge in [0.15, 0.2) is 0 Å². The first kappa shape index (κ1) is 14.4. The van der Waals surface area contributed by atoms with Crippen LogP contribution in [0.5, 0.6) is 0 Å². The third kappa shape index (κ3) is 2.76. The highest BCUT2D eigenvalue weighted by molar-refractivity contribution is 5.87. The van der Waals surface area contributed by atoms with Crippen molar-refractivity contribution < 1.29 is 27.9 Å². The third-order valence-electron chi connectivity index (χ3n) is 3.28. The summed E-state index contributed by atoms with van der Waals surface area (Å²) >= 11 is 0. The molecular formula is C13H12F3NO3. The summed E-state index contributed by atoms with van der Waals surface area (Å²) < 4.78 is 38.6. The summed E-state index contributed by atoms with van der Waals surface area (Å²) in [5.74, 6) is -1.63. The van der Waals surface area contributed by atoms with Crippen molar-refractivity contribution in [2.24, 2.45) is 0 Å². The van der Waals surface area contributed by atoms with Gasteiger partial charge in [-0.3, -0.25) is 4.79 Å². The summed E-state index contributed by atoms with van der Waals surface area (Å²) in [6.07, 6.45) is -4.36. The number of alkyl halides is 3. The van der Waals surface area contributed by atoms with Crippen LogP contribution in [0.3, 0.4) is 0 Å². The number of hydrogen-bond donors (Lipinski definition) is 1. The van der Waals surface area contributed by atoms with Gasteiger partial charge in [0.05, 0.1) is 5.56 Å². The summed E-state index contributed by atoms with van der Waals surface area (Å²) in [6, 6.07) is 3.82. The molecule has 1 aromatic rings. The Morgan fingerprint density at radius 2 is 2.00 bits per heavy atom. The Balaban J connectivity index is 2.30. The molecule has 1 aliphatic rings. The number of aliphatic carboxylic acids is 1. The lowest BCUT2D eigenvalue weighted by molar-refractivity contribution is -0.147. The number of likely N-dealkylation sites (tertiary alicyclic amines) is 1. The van der Waals surface area contributed by atoms with E-state index in [4.69, 9.17) is 5.11 Å². The van der Waals surface area contributed by atoms with E-state index < -0.39 is 29.7 Å². The van der Waals surface area contributed by atoms with Gasteiger partial charge in [0.25, 0.3) is 0 Å². The van der Waals surface area contributed by atoms with E-state index in [0.29, 0.717) is 0 Å². The lowest BCUT2D eigenvalue weighted by Crippen LogP contribution is -2.38. The topological polar surface area (TPSA) is 57.6 Å². The maximum Gasteiger partial charge on any atom is 0.416 e. The molecule has 1 aliphatic heterocycles. The average Bonchev–Trinajstić information content (AvgIpc) is 2.71. The minimum Gasteiger partial charge on any atom is -0.480 e. The average molecular weight is 287 g/mol. The van der Waals surface area contributed by atoms with E-state index in [9.17, 15) is 22.8 Å². The predicted molar refractivity (Wildman–Crippen MR) is 62.7 cm³/mol. The molecule has 1 saturated heterocycles. The molecule has 108 valence electrons. The first-order valence-electron chi connectivity index (χ1n) is 5.98. The number of nitrogens with zero attached hydrogens (tertiary/aromatic N) is 1. The molecule has 2 rings (SSSR count). The Hall–Kier alpha value is -2.05. The van der Waals surface area contributed by atoms with Gasteiger partial charge < -0.3 is 10.0 Å². The first-order chi connectivity index (χ1) is 9.30. The van der Waals surface area contributed by atoms with Crippen LogP contribution in [-0.2, 0) is 22.3 Å². The second kappa shape index (κ2) is 5.15. The fourth-order valence-corrected chi connectivity index (χ4v) is 2.31. The number of rotatable bonds is 3. The lowest BCUT2D eigenvalue weighted by Gasteiger charge is -2.23. The zero-order valence-corrected chi connectivity index (χ0v) is 10.4. The molecule has 0 bridgehead atoms. The third-order valence-corrected chi connectivity index (χ3v) is 3.28. The fraction of sp³-hybridized carbons (Fsp3) is 0.385. The number of carboxylic acid groups (broad SMARTS) is 1. The molecule has 1 N–H and O–H groups in total. The second-order valence-electron chi connectivity index (χ2n) is 4.57. The fourth-order valence-electron chi connectivity index (χ4n) is 2.31. The van der Waals surface area contributed by atoms with Crippen molar-refractivity contribution in [3.63, 3.8) is 0 Å². The van der Waals surface area contributed by atoms with E-state index in [-0.39, 0.29) is 24.9 Å². The van der Waals surface area contributed by atoms with Crippen LogP contribution in [-0.4, -0.2) is 27.9 Å². The minimum absolute atomic E-state index is 0.0468. The standard InChI is InChI=1S/C13H12F3NO3/c14-13(15,16)9-4-2-1-3-8(9)7-17-10(12(19)20)5-6-11(17)18/h1-4,10H,5-7H2,(H,19,20). The molecule has 0 radical (unpaired) electrons. The lowest BCUT2D eigenvalue weighted by atomic mass is 10.1. The largest absolute Gasteiger partial charge is 0.480 e. The second-order valence-corrected chi connectivity index (χ2v) is 4.57. The zero-order valence-electron chi connectivity index (χ0n) is 10.4. The molecule has 0 saturated carbocycles. The molecule has 7 heteroatoms. The van der Waals surface area contributed by atoms with Crippen LogP contribution in [0.4, 0.5) is 13.2 Å². The normalized spacial score (nSPS) is 19.4. The quantitative estimate of drug-likeness (QED) is 0.928. The van der Waals surface area contributed by atoms with Crippen LogP contribution in [0, 0.1) is 0 Å². The molecule has 1 unspecified atom stereocenters. The number of amides is 1. The van der Waals surface area contributed by atoms with E-state index in [1.165, 1.54) is 18.2 Å². The van der Waals surface area contributed by atoms with Crippen LogP contribution < -0.4 is 0 Å². The van der Waals surface area contributed by atoms with Crippen molar-refractivity contribution >= 4 is 11.9 Å². The molecular weight excluding hydrogens is 275 g/mol.